The average Bonchev–Trinajstić information content (AvgIpc) is 2.82. The Morgan fingerprint density at radius 1 is 1.24 bits per heavy atom. The predicted octanol–water partition coefficient (Wildman–Crippen LogP) is -0.0737. The van der Waals surface area contributed by atoms with E-state index in [0.29, 0.717) is 44.8 Å². The fourth-order valence-electron chi connectivity index (χ4n) is 2.50. The van der Waals surface area contributed by atoms with Gasteiger partial charge in [-0.25, -0.2) is 4.98 Å². The molecule has 0 spiro atoms. The number of carbonyl (C=O) groups is 2. The number of hydrogen-bond donors (Lipinski definition) is 1. The Labute approximate surface area is 124 Å². The van der Waals surface area contributed by atoms with Gasteiger partial charge in [0.15, 0.2) is 0 Å². The van der Waals surface area contributed by atoms with Crippen molar-refractivity contribution in [3.63, 3.8) is 0 Å². The van der Waals surface area contributed by atoms with Crippen molar-refractivity contribution in [2.75, 3.05) is 32.7 Å². The zero-order chi connectivity index (χ0) is 15.2. The summed E-state index contributed by atoms with van der Waals surface area (Å²) in [5.74, 6) is 0.0769. The van der Waals surface area contributed by atoms with E-state index in [9.17, 15) is 9.59 Å². The summed E-state index contributed by atoms with van der Waals surface area (Å²) in [5, 5.41) is 0. The van der Waals surface area contributed by atoms with E-state index in [2.05, 4.69) is 4.98 Å². The van der Waals surface area contributed by atoms with E-state index in [1.807, 2.05) is 16.4 Å². The van der Waals surface area contributed by atoms with Crippen molar-refractivity contribution < 1.29 is 9.59 Å². The van der Waals surface area contributed by atoms with Gasteiger partial charge >= 0.3 is 0 Å². The van der Waals surface area contributed by atoms with Gasteiger partial charge in [-0.3, -0.25) is 9.59 Å². The molecule has 7 heteroatoms. The molecule has 116 valence electrons. The second-order valence-electron chi connectivity index (χ2n) is 5.17. The molecule has 0 bridgehead atoms. The van der Waals surface area contributed by atoms with Gasteiger partial charge in [0.1, 0.15) is 5.69 Å². The van der Waals surface area contributed by atoms with Crippen LogP contribution in [0.2, 0.25) is 0 Å². The zero-order valence-corrected chi connectivity index (χ0v) is 12.5. The highest BCUT2D eigenvalue weighted by atomic mass is 16.2. The summed E-state index contributed by atoms with van der Waals surface area (Å²) in [4.78, 5) is 31.9. The Kier molecular flexibility index (Phi) is 5.32. The highest BCUT2D eigenvalue weighted by molar-refractivity contribution is 5.92. The predicted molar refractivity (Wildman–Crippen MR) is 78.7 cm³/mol. The molecule has 2 amide bonds. The topological polar surface area (TPSA) is 84.5 Å². The van der Waals surface area contributed by atoms with Crippen LogP contribution in [0.1, 0.15) is 30.3 Å². The number of nitrogens with two attached hydrogens (primary N) is 1. The highest BCUT2D eigenvalue weighted by Crippen LogP contribution is 2.09. The van der Waals surface area contributed by atoms with Crippen LogP contribution in [-0.2, 0) is 11.3 Å². The lowest BCUT2D eigenvalue weighted by Crippen LogP contribution is -2.37. The molecule has 2 heterocycles. The van der Waals surface area contributed by atoms with Crippen LogP contribution in [0, 0.1) is 0 Å². The number of imidazole rings is 1. The smallest absolute Gasteiger partial charge is 0.274 e. The standard InChI is InChI=1S/C14H23N5O2/c1-2-13(20)18-5-3-6-19(9-8-18)14(21)12-10-17(7-4-15)11-16-12/h10-11H,2-9,15H2,1H3. The van der Waals surface area contributed by atoms with Gasteiger partial charge in [-0.2, -0.15) is 0 Å². The third-order valence-corrected chi connectivity index (χ3v) is 3.68. The van der Waals surface area contributed by atoms with Gasteiger partial charge in [-0.05, 0) is 6.42 Å². The van der Waals surface area contributed by atoms with Crippen LogP contribution in [0.5, 0.6) is 0 Å². The largest absolute Gasteiger partial charge is 0.341 e. The Morgan fingerprint density at radius 3 is 2.67 bits per heavy atom. The van der Waals surface area contributed by atoms with Crippen LogP contribution in [0.3, 0.4) is 0 Å². The molecule has 21 heavy (non-hydrogen) atoms. The molecule has 0 unspecified atom stereocenters. The summed E-state index contributed by atoms with van der Waals surface area (Å²) in [6.45, 7) is 5.57. The molecular weight excluding hydrogens is 270 g/mol. The van der Waals surface area contributed by atoms with Crippen molar-refractivity contribution in [1.29, 1.82) is 0 Å². The number of amides is 2. The van der Waals surface area contributed by atoms with Gasteiger partial charge in [-0.1, -0.05) is 6.92 Å². The summed E-state index contributed by atoms with van der Waals surface area (Å²) in [6, 6.07) is 0. The molecule has 1 aliphatic heterocycles. The molecule has 0 radical (unpaired) electrons. The number of aromatic nitrogens is 2. The van der Waals surface area contributed by atoms with E-state index in [1.54, 1.807) is 17.4 Å². The quantitative estimate of drug-likeness (QED) is 0.842. The summed E-state index contributed by atoms with van der Waals surface area (Å²) >= 11 is 0. The van der Waals surface area contributed by atoms with Gasteiger partial charge in [0, 0.05) is 51.9 Å². The minimum absolute atomic E-state index is 0.0726. The van der Waals surface area contributed by atoms with Crippen LogP contribution >= 0.6 is 0 Å². The van der Waals surface area contributed by atoms with Crippen molar-refractivity contribution in [2.24, 2.45) is 5.73 Å². The molecular formula is C14H23N5O2. The SMILES string of the molecule is CCC(=O)N1CCCN(C(=O)c2cn(CCN)cn2)CC1. The first kappa shape index (κ1) is 15.5. The fourth-order valence-corrected chi connectivity index (χ4v) is 2.50. The van der Waals surface area contributed by atoms with Gasteiger partial charge in [0.25, 0.3) is 5.91 Å². The average molecular weight is 293 g/mol. The third kappa shape index (κ3) is 3.81. The van der Waals surface area contributed by atoms with E-state index < -0.39 is 0 Å². The van der Waals surface area contributed by atoms with Gasteiger partial charge in [-0.15, -0.1) is 0 Å². The van der Waals surface area contributed by atoms with Crippen molar-refractivity contribution in [3.05, 3.63) is 18.2 Å². The van der Waals surface area contributed by atoms with Crippen molar-refractivity contribution in [1.82, 2.24) is 19.4 Å². The molecule has 0 aliphatic carbocycles. The van der Waals surface area contributed by atoms with Gasteiger partial charge in [0.2, 0.25) is 5.91 Å². The molecule has 1 saturated heterocycles. The lowest BCUT2D eigenvalue weighted by Gasteiger charge is -2.21. The van der Waals surface area contributed by atoms with Gasteiger partial charge in [0.05, 0.1) is 6.33 Å². The van der Waals surface area contributed by atoms with Crippen LogP contribution in [-0.4, -0.2) is 63.9 Å². The van der Waals surface area contributed by atoms with Crippen molar-refractivity contribution in [2.45, 2.75) is 26.3 Å². The van der Waals surface area contributed by atoms with Crippen LogP contribution in [0.25, 0.3) is 0 Å². The van der Waals surface area contributed by atoms with Crippen molar-refractivity contribution in [3.8, 4) is 0 Å². The fraction of sp³-hybridized carbons (Fsp3) is 0.643. The zero-order valence-electron chi connectivity index (χ0n) is 12.5. The molecule has 1 aliphatic rings. The monoisotopic (exact) mass is 293 g/mol. The van der Waals surface area contributed by atoms with E-state index in [1.165, 1.54) is 0 Å². The first-order chi connectivity index (χ1) is 10.2. The van der Waals surface area contributed by atoms with Crippen LogP contribution in [0.15, 0.2) is 12.5 Å². The van der Waals surface area contributed by atoms with Crippen LogP contribution in [0.4, 0.5) is 0 Å². The maximum atomic E-state index is 12.4. The number of hydrogen-bond acceptors (Lipinski definition) is 4. The normalized spacial score (nSPS) is 15.9. The lowest BCUT2D eigenvalue weighted by atomic mass is 10.3. The van der Waals surface area contributed by atoms with E-state index >= 15 is 0 Å². The first-order valence-corrected chi connectivity index (χ1v) is 7.44. The molecule has 0 aromatic carbocycles. The second-order valence-corrected chi connectivity index (χ2v) is 5.17. The van der Waals surface area contributed by atoms with E-state index in [0.717, 1.165) is 13.0 Å². The van der Waals surface area contributed by atoms with Crippen LogP contribution < -0.4 is 5.73 Å². The molecule has 0 atom stereocenters. The van der Waals surface area contributed by atoms with E-state index in [4.69, 9.17) is 5.73 Å². The minimum Gasteiger partial charge on any atom is -0.341 e. The summed E-state index contributed by atoms with van der Waals surface area (Å²) in [5.41, 5.74) is 5.93. The molecule has 1 fully saturated rings. The second kappa shape index (κ2) is 7.21. The molecule has 7 nitrogen and oxygen atoms in total. The Bertz CT molecular complexity index is 499. The summed E-state index contributed by atoms with van der Waals surface area (Å²) < 4.78 is 1.82. The number of carbonyl (C=O) groups excluding carboxylic acids is 2. The molecule has 1 aromatic rings. The molecule has 0 saturated carbocycles. The maximum Gasteiger partial charge on any atom is 0.274 e. The first-order valence-electron chi connectivity index (χ1n) is 7.44. The maximum absolute atomic E-state index is 12.4. The molecule has 2 N–H and O–H groups in total. The third-order valence-electron chi connectivity index (χ3n) is 3.68. The minimum atomic E-state index is -0.0726. The Balaban J connectivity index is 1.97. The van der Waals surface area contributed by atoms with Crippen molar-refractivity contribution >= 4 is 11.8 Å². The summed E-state index contributed by atoms with van der Waals surface area (Å²) in [6.07, 6.45) is 4.68. The number of nitrogens with zero attached hydrogens (tertiary/aromatic N) is 4. The van der Waals surface area contributed by atoms with Gasteiger partial charge < -0.3 is 20.1 Å². The molecule has 2 rings (SSSR count). The Morgan fingerprint density at radius 2 is 1.95 bits per heavy atom. The lowest BCUT2D eigenvalue weighted by molar-refractivity contribution is -0.130. The summed E-state index contributed by atoms with van der Waals surface area (Å²) in [7, 11) is 0. The highest BCUT2D eigenvalue weighted by Gasteiger charge is 2.23. The van der Waals surface area contributed by atoms with E-state index in [-0.39, 0.29) is 11.8 Å². The number of rotatable bonds is 4. The Hall–Kier alpha value is -1.89. The molecule has 1 aromatic heterocycles.